The van der Waals surface area contributed by atoms with Gasteiger partial charge in [-0.05, 0) is 42.3 Å². The van der Waals surface area contributed by atoms with Crippen LogP contribution >= 0.6 is 0 Å². The molecule has 3 aromatic carbocycles. The molecule has 0 aliphatic rings. The second kappa shape index (κ2) is 11.8. The van der Waals surface area contributed by atoms with E-state index in [2.05, 4.69) is 5.32 Å². The van der Waals surface area contributed by atoms with Crippen molar-refractivity contribution in [3.63, 3.8) is 0 Å². The van der Waals surface area contributed by atoms with Crippen LogP contribution in [0.2, 0.25) is 0 Å². The molecule has 2 amide bonds. The quantitative estimate of drug-likeness (QED) is 0.453. The summed E-state index contributed by atoms with van der Waals surface area (Å²) in [5.41, 5.74) is 2.85. The predicted molar refractivity (Wildman–Crippen MR) is 138 cm³/mol. The molecule has 0 aromatic heterocycles. The fourth-order valence-electron chi connectivity index (χ4n) is 3.83. The maximum atomic E-state index is 13.7. The lowest BCUT2D eigenvalue weighted by atomic mass is 10.0. The maximum Gasteiger partial charge on any atom is 0.244 e. The van der Waals surface area contributed by atoms with Gasteiger partial charge >= 0.3 is 0 Å². The number of carbonyl (C=O) groups is 2. The zero-order valence-electron chi connectivity index (χ0n) is 20.5. The first-order chi connectivity index (χ1) is 17.1. The maximum absolute atomic E-state index is 13.7. The standard InChI is InChI=1S/C27H30FN3O4S/c1-20-9-11-22(12-10-20)18-30(25(27(33)29-2)17-21-7-5-4-6-8-21)26(32)19-31(36(3,34)35)24-15-13-23(28)14-16-24/h4-16,25H,17-19H2,1-3H3,(H,29,33)/t25-/m0/s1. The Balaban J connectivity index is 2.00. The lowest BCUT2D eigenvalue weighted by Gasteiger charge is -2.33. The molecule has 0 radical (unpaired) electrons. The number of nitrogens with one attached hydrogen (secondary N) is 1. The van der Waals surface area contributed by atoms with Gasteiger partial charge in [-0.2, -0.15) is 0 Å². The van der Waals surface area contributed by atoms with E-state index >= 15 is 0 Å². The van der Waals surface area contributed by atoms with Gasteiger partial charge in [0.05, 0.1) is 11.9 Å². The zero-order valence-corrected chi connectivity index (χ0v) is 21.3. The number of likely N-dealkylation sites (N-methyl/N-ethyl adjacent to an activating group) is 1. The largest absolute Gasteiger partial charge is 0.357 e. The minimum atomic E-state index is -3.89. The number of aryl methyl sites for hydroxylation is 1. The van der Waals surface area contributed by atoms with Crippen LogP contribution < -0.4 is 9.62 Å². The average molecular weight is 512 g/mol. The number of carbonyl (C=O) groups excluding carboxylic acids is 2. The highest BCUT2D eigenvalue weighted by atomic mass is 32.2. The molecule has 3 aromatic rings. The SMILES string of the molecule is CNC(=O)[C@H](Cc1ccccc1)N(Cc1ccc(C)cc1)C(=O)CN(c1ccc(F)cc1)S(C)(=O)=O. The van der Waals surface area contributed by atoms with Crippen molar-refractivity contribution < 1.29 is 22.4 Å². The van der Waals surface area contributed by atoms with E-state index in [1.165, 1.54) is 24.1 Å². The van der Waals surface area contributed by atoms with Gasteiger partial charge < -0.3 is 10.2 Å². The normalized spacial score (nSPS) is 12.0. The molecule has 0 heterocycles. The predicted octanol–water partition coefficient (Wildman–Crippen LogP) is 3.29. The number of rotatable bonds is 10. The van der Waals surface area contributed by atoms with E-state index in [0.717, 1.165) is 39.4 Å². The third-order valence-corrected chi connectivity index (χ3v) is 6.93. The van der Waals surface area contributed by atoms with Gasteiger partial charge in [-0.1, -0.05) is 60.2 Å². The van der Waals surface area contributed by atoms with Crippen LogP contribution in [0, 0.1) is 12.7 Å². The monoisotopic (exact) mass is 511 g/mol. The molecule has 190 valence electrons. The molecule has 0 bridgehead atoms. The van der Waals surface area contributed by atoms with Gasteiger partial charge in [-0.15, -0.1) is 0 Å². The summed E-state index contributed by atoms with van der Waals surface area (Å²) < 4.78 is 39.6. The van der Waals surface area contributed by atoms with Gasteiger partial charge in [-0.3, -0.25) is 13.9 Å². The summed E-state index contributed by atoms with van der Waals surface area (Å²) in [6.07, 6.45) is 1.22. The topological polar surface area (TPSA) is 86.8 Å². The van der Waals surface area contributed by atoms with E-state index in [4.69, 9.17) is 0 Å². The molecule has 0 fully saturated rings. The number of hydrogen-bond acceptors (Lipinski definition) is 4. The Labute approximate surface area is 211 Å². The molecule has 9 heteroatoms. The van der Waals surface area contributed by atoms with Crippen LogP contribution in [0.3, 0.4) is 0 Å². The summed E-state index contributed by atoms with van der Waals surface area (Å²) in [5, 5.41) is 2.63. The van der Waals surface area contributed by atoms with Crippen molar-refractivity contribution in [2.75, 3.05) is 24.2 Å². The Bertz CT molecular complexity index is 1280. The highest BCUT2D eigenvalue weighted by Gasteiger charge is 2.32. The molecule has 0 aliphatic heterocycles. The molecule has 1 atom stereocenters. The van der Waals surface area contributed by atoms with Crippen molar-refractivity contribution in [2.24, 2.45) is 0 Å². The number of halogens is 1. The molecule has 0 aliphatic carbocycles. The number of amides is 2. The Hall–Kier alpha value is -3.72. The fourth-order valence-corrected chi connectivity index (χ4v) is 4.68. The second-order valence-corrected chi connectivity index (χ2v) is 10.5. The van der Waals surface area contributed by atoms with Crippen LogP contribution in [0.1, 0.15) is 16.7 Å². The molecule has 0 saturated carbocycles. The molecule has 36 heavy (non-hydrogen) atoms. The Kier molecular flexibility index (Phi) is 8.82. The van der Waals surface area contributed by atoms with Crippen LogP contribution in [-0.4, -0.2) is 51.0 Å². The van der Waals surface area contributed by atoms with Crippen LogP contribution in [0.4, 0.5) is 10.1 Å². The number of sulfonamides is 1. The van der Waals surface area contributed by atoms with Crippen molar-refractivity contribution in [1.82, 2.24) is 10.2 Å². The fraction of sp³-hybridized carbons (Fsp3) is 0.259. The first-order valence-corrected chi connectivity index (χ1v) is 13.3. The average Bonchev–Trinajstić information content (AvgIpc) is 2.86. The summed E-state index contributed by atoms with van der Waals surface area (Å²) in [7, 11) is -2.39. The van der Waals surface area contributed by atoms with Gasteiger partial charge in [0.15, 0.2) is 0 Å². The molecular weight excluding hydrogens is 481 g/mol. The van der Waals surface area contributed by atoms with E-state index < -0.39 is 34.3 Å². The lowest BCUT2D eigenvalue weighted by Crippen LogP contribution is -2.52. The third kappa shape index (κ3) is 7.14. The number of hydrogen-bond donors (Lipinski definition) is 1. The van der Waals surface area contributed by atoms with Crippen molar-refractivity contribution in [1.29, 1.82) is 0 Å². The minimum absolute atomic E-state index is 0.102. The highest BCUT2D eigenvalue weighted by Crippen LogP contribution is 2.21. The zero-order chi connectivity index (χ0) is 26.3. The van der Waals surface area contributed by atoms with Crippen molar-refractivity contribution in [3.05, 3.63) is 101 Å². The van der Waals surface area contributed by atoms with Crippen molar-refractivity contribution in [2.45, 2.75) is 25.9 Å². The van der Waals surface area contributed by atoms with Crippen LogP contribution in [0.5, 0.6) is 0 Å². The number of benzene rings is 3. The first-order valence-electron chi connectivity index (χ1n) is 11.4. The van der Waals surface area contributed by atoms with Gasteiger partial charge in [0.2, 0.25) is 21.8 Å². The highest BCUT2D eigenvalue weighted by molar-refractivity contribution is 7.92. The van der Waals surface area contributed by atoms with Gasteiger partial charge in [0, 0.05) is 20.0 Å². The lowest BCUT2D eigenvalue weighted by molar-refractivity contribution is -0.139. The van der Waals surface area contributed by atoms with Crippen molar-refractivity contribution in [3.8, 4) is 0 Å². The summed E-state index contributed by atoms with van der Waals surface area (Å²) in [6.45, 7) is 1.51. The van der Waals surface area contributed by atoms with Crippen LogP contribution in [-0.2, 0) is 32.6 Å². The summed E-state index contributed by atoms with van der Waals surface area (Å²) in [6, 6.07) is 20.8. The van der Waals surface area contributed by atoms with Gasteiger partial charge in [0.25, 0.3) is 0 Å². The first kappa shape index (κ1) is 26.9. The Morgan fingerprint density at radius 3 is 2.08 bits per heavy atom. The van der Waals surface area contributed by atoms with Crippen LogP contribution in [0.25, 0.3) is 0 Å². The van der Waals surface area contributed by atoms with E-state index in [1.54, 1.807) is 0 Å². The molecule has 1 N–H and O–H groups in total. The van der Waals surface area contributed by atoms with Crippen molar-refractivity contribution >= 4 is 27.5 Å². The minimum Gasteiger partial charge on any atom is -0.357 e. The second-order valence-electron chi connectivity index (χ2n) is 8.57. The Morgan fingerprint density at radius 2 is 1.53 bits per heavy atom. The molecule has 0 saturated heterocycles. The smallest absolute Gasteiger partial charge is 0.244 e. The van der Waals surface area contributed by atoms with E-state index in [9.17, 15) is 22.4 Å². The summed E-state index contributed by atoms with van der Waals surface area (Å²) in [4.78, 5) is 28.1. The molecule has 7 nitrogen and oxygen atoms in total. The van der Waals surface area contributed by atoms with E-state index in [0.29, 0.717) is 0 Å². The van der Waals surface area contributed by atoms with E-state index in [1.807, 2.05) is 61.5 Å². The number of nitrogens with zero attached hydrogens (tertiary/aromatic N) is 2. The van der Waals surface area contributed by atoms with Crippen LogP contribution in [0.15, 0.2) is 78.9 Å². The third-order valence-electron chi connectivity index (χ3n) is 5.78. The van der Waals surface area contributed by atoms with Gasteiger partial charge in [-0.25, -0.2) is 12.8 Å². The summed E-state index contributed by atoms with van der Waals surface area (Å²) in [5.74, 6) is -1.45. The molecule has 0 spiro atoms. The van der Waals surface area contributed by atoms with E-state index in [-0.39, 0.29) is 24.6 Å². The number of anilines is 1. The molecule has 0 unspecified atom stereocenters. The van der Waals surface area contributed by atoms with Gasteiger partial charge in [0.1, 0.15) is 18.4 Å². The summed E-state index contributed by atoms with van der Waals surface area (Å²) >= 11 is 0. The Morgan fingerprint density at radius 1 is 0.917 bits per heavy atom. The molecular formula is C27H30FN3O4S. The molecule has 3 rings (SSSR count).